The first-order valence-electron chi connectivity index (χ1n) is 4.67. The fourth-order valence-electron chi connectivity index (χ4n) is 0.448. The molecule has 0 fully saturated rings. The maximum absolute atomic E-state index is 3.88. The van der Waals surface area contributed by atoms with Crippen LogP contribution in [0.1, 0.15) is 39.7 Å². The van der Waals surface area contributed by atoms with Crippen molar-refractivity contribution in [3.63, 3.8) is 0 Å². The average Bonchev–Trinajstić information content (AvgIpc) is 2.11. The maximum atomic E-state index is 3.88. The van der Waals surface area contributed by atoms with Gasteiger partial charge >= 0.3 is 0 Å². The lowest BCUT2D eigenvalue weighted by molar-refractivity contribution is 1.09. The van der Waals surface area contributed by atoms with Gasteiger partial charge in [-0.25, -0.2) is 0 Å². The van der Waals surface area contributed by atoms with Crippen molar-refractivity contribution < 1.29 is 0 Å². The molecular formula is C11H21N. The third kappa shape index (κ3) is 11.9. The monoisotopic (exact) mass is 167 g/mol. The molecule has 0 saturated heterocycles. The molecule has 1 nitrogen and oxygen atoms in total. The molecule has 0 aromatic carbocycles. The molecule has 1 aromatic rings. The Morgan fingerprint density at radius 3 is 1.92 bits per heavy atom. The summed E-state index contributed by atoms with van der Waals surface area (Å²) in [6.07, 6.45) is 4.85. The minimum absolute atomic E-state index is 1.21. The molecule has 0 aliphatic carbocycles. The summed E-state index contributed by atoms with van der Waals surface area (Å²) >= 11 is 0. The topological polar surface area (TPSA) is 12.9 Å². The summed E-state index contributed by atoms with van der Waals surface area (Å²) in [7, 11) is 0. The summed E-state index contributed by atoms with van der Waals surface area (Å²) in [4.78, 5) is 3.88. The predicted octanol–water partition coefficient (Wildman–Crippen LogP) is 3.83. The van der Waals surface area contributed by atoms with Crippen LogP contribution in [0.15, 0.2) is 24.5 Å². The number of nitrogens with zero attached hydrogens (tertiary/aromatic N) is 1. The second-order valence-electron chi connectivity index (χ2n) is 2.24. The molecule has 0 amide bonds. The first kappa shape index (κ1) is 13.7. The fourth-order valence-corrected chi connectivity index (χ4v) is 0.448. The Bertz CT molecular complexity index is 146. The molecule has 0 radical (unpaired) electrons. The summed E-state index contributed by atoms with van der Waals surface area (Å²) in [5.74, 6) is 0. The van der Waals surface area contributed by atoms with Gasteiger partial charge in [-0.1, -0.05) is 40.2 Å². The van der Waals surface area contributed by atoms with Crippen LogP contribution in [-0.4, -0.2) is 4.98 Å². The summed E-state index contributed by atoms with van der Waals surface area (Å²) < 4.78 is 0. The minimum atomic E-state index is 1.21. The molecule has 12 heavy (non-hydrogen) atoms. The van der Waals surface area contributed by atoms with Crippen molar-refractivity contribution in [1.82, 2.24) is 4.98 Å². The first-order valence-corrected chi connectivity index (χ1v) is 4.67. The number of aromatic nitrogens is 1. The van der Waals surface area contributed by atoms with E-state index < -0.39 is 0 Å². The third-order valence-corrected chi connectivity index (χ3v) is 0.809. The van der Waals surface area contributed by atoms with Gasteiger partial charge in [-0.2, -0.15) is 0 Å². The zero-order chi connectivity index (χ0) is 9.82. The van der Waals surface area contributed by atoms with E-state index in [0.29, 0.717) is 0 Å². The van der Waals surface area contributed by atoms with Gasteiger partial charge in [0.25, 0.3) is 0 Å². The standard InChI is InChI=1S/C6H7N.C3H8.C2H6/c1-6-3-2-4-7-5-6;1-3-2;1-2/h2-5H,1H3;3H2,1-2H3;1-2H3. The SMILES string of the molecule is CC.CCC.Cc1cccnc1. The lowest BCUT2D eigenvalue weighted by Crippen LogP contribution is -1.69. The molecule has 0 aliphatic heterocycles. The van der Waals surface area contributed by atoms with Crippen molar-refractivity contribution in [2.75, 3.05) is 0 Å². The molecule has 0 bridgehead atoms. The largest absolute Gasteiger partial charge is 0.264 e. The molecule has 0 spiro atoms. The van der Waals surface area contributed by atoms with E-state index in [4.69, 9.17) is 0 Å². The Hall–Kier alpha value is -0.850. The van der Waals surface area contributed by atoms with E-state index in [1.165, 1.54) is 12.0 Å². The van der Waals surface area contributed by atoms with Gasteiger partial charge in [0.15, 0.2) is 0 Å². The highest BCUT2D eigenvalue weighted by Crippen LogP contribution is 1.88. The summed E-state index contributed by atoms with van der Waals surface area (Å²) in [5.41, 5.74) is 1.21. The van der Waals surface area contributed by atoms with Crippen LogP contribution in [0, 0.1) is 6.92 Å². The summed E-state index contributed by atoms with van der Waals surface area (Å²) in [6.45, 7) is 10.3. The van der Waals surface area contributed by atoms with E-state index in [2.05, 4.69) is 18.8 Å². The van der Waals surface area contributed by atoms with Crippen LogP contribution in [0.3, 0.4) is 0 Å². The van der Waals surface area contributed by atoms with Gasteiger partial charge in [-0.15, -0.1) is 0 Å². The smallest absolute Gasteiger partial charge is 0.0297 e. The van der Waals surface area contributed by atoms with Crippen molar-refractivity contribution in [3.8, 4) is 0 Å². The predicted molar refractivity (Wildman–Crippen MR) is 56.3 cm³/mol. The van der Waals surface area contributed by atoms with Crippen molar-refractivity contribution in [1.29, 1.82) is 0 Å². The van der Waals surface area contributed by atoms with Gasteiger partial charge in [0, 0.05) is 12.4 Å². The normalized spacial score (nSPS) is 7.08. The van der Waals surface area contributed by atoms with E-state index in [0.717, 1.165) is 0 Å². The second-order valence-corrected chi connectivity index (χ2v) is 2.24. The molecule has 1 rings (SSSR count). The van der Waals surface area contributed by atoms with E-state index in [9.17, 15) is 0 Å². The minimum Gasteiger partial charge on any atom is -0.264 e. The zero-order valence-electron chi connectivity index (χ0n) is 8.96. The van der Waals surface area contributed by atoms with Crippen LogP contribution < -0.4 is 0 Å². The number of hydrogen-bond donors (Lipinski definition) is 0. The molecule has 70 valence electrons. The third-order valence-electron chi connectivity index (χ3n) is 0.809. The lowest BCUT2D eigenvalue weighted by Gasteiger charge is -1.82. The molecule has 0 aliphatic rings. The average molecular weight is 167 g/mol. The Labute approximate surface area is 76.9 Å². The number of pyridine rings is 1. The van der Waals surface area contributed by atoms with Crippen LogP contribution in [0.25, 0.3) is 0 Å². The van der Waals surface area contributed by atoms with E-state index in [1.54, 1.807) is 6.20 Å². The first-order chi connectivity index (χ1) is 5.81. The Balaban J connectivity index is 0. The molecule has 1 heterocycles. The molecule has 0 atom stereocenters. The van der Waals surface area contributed by atoms with Gasteiger partial charge < -0.3 is 0 Å². The Morgan fingerprint density at radius 2 is 1.75 bits per heavy atom. The van der Waals surface area contributed by atoms with Crippen LogP contribution in [0.4, 0.5) is 0 Å². The molecule has 1 heteroatoms. The van der Waals surface area contributed by atoms with Gasteiger partial charge in [-0.05, 0) is 18.6 Å². The number of rotatable bonds is 0. The molecule has 0 N–H and O–H groups in total. The molecule has 1 aromatic heterocycles. The summed E-state index contributed by atoms with van der Waals surface area (Å²) in [5, 5.41) is 0. The van der Waals surface area contributed by atoms with E-state index in [-0.39, 0.29) is 0 Å². The maximum Gasteiger partial charge on any atom is 0.0297 e. The molecular weight excluding hydrogens is 146 g/mol. The van der Waals surface area contributed by atoms with Gasteiger partial charge in [0.2, 0.25) is 0 Å². The van der Waals surface area contributed by atoms with Crippen molar-refractivity contribution in [3.05, 3.63) is 30.1 Å². The summed E-state index contributed by atoms with van der Waals surface area (Å²) in [6, 6.07) is 3.95. The van der Waals surface area contributed by atoms with Crippen LogP contribution in [0.5, 0.6) is 0 Å². The van der Waals surface area contributed by atoms with Gasteiger partial charge in [-0.3, -0.25) is 4.98 Å². The Morgan fingerprint density at radius 1 is 1.25 bits per heavy atom. The lowest BCUT2D eigenvalue weighted by atomic mass is 10.3. The number of hydrogen-bond acceptors (Lipinski definition) is 1. The quantitative estimate of drug-likeness (QED) is 0.572. The van der Waals surface area contributed by atoms with Crippen LogP contribution >= 0.6 is 0 Å². The van der Waals surface area contributed by atoms with Gasteiger partial charge in [0.1, 0.15) is 0 Å². The van der Waals surface area contributed by atoms with E-state index in [1.807, 2.05) is 39.1 Å². The zero-order valence-corrected chi connectivity index (χ0v) is 8.96. The highest BCUT2D eigenvalue weighted by molar-refractivity contribution is 5.04. The molecule has 0 saturated carbocycles. The fraction of sp³-hybridized carbons (Fsp3) is 0.545. The highest BCUT2D eigenvalue weighted by atomic mass is 14.6. The highest BCUT2D eigenvalue weighted by Gasteiger charge is 1.73. The van der Waals surface area contributed by atoms with Crippen molar-refractivity contribution in [2.45, 2.75) is 41.0 Å². The van der Waals surface area contributed by atoms with Crippen molar-refractivity contribution in [2.24, 2.45) is 0 Å². The van der Waals surface area contributed by atoms with Crippen molar-refractivity contribution >= 4 is 0 Å². The van der Waals surface area contributed by atoms with Crippen LogP contribution in [0.2, 0.25) is 0 Å². The second kappa shape index (κ2) is 12.8. The van der Waals surface area contributed by atoms with E-state index >= 15 is 0 Å². The van der Waals surface area contributed by atoms with Crippen LogP contribution in [-0.2, 0) is 0 Å². The Kier molecular flexibility index (Phi) is 14.6. The number of aryl methyl sites for hydroxylation is 1. The molecule has 0 unspecified atom stereocenters. The van der Waals surface area contributed by atoms with Gasteiger partial charge in [0.05, 0.1) is 0 Å².